The van der Waals surface area contributed by atoms with Gasteiger partial charge in [0, 0.05) is 19.0 Å². The first-order chi connectivity index (χ1) is 10.5. The standard InChI is InChI=1S/C18H19F2NO/c1-21-11-10-18(22,13-6-8-14(19)9-7-13)16(12-21)15-4-2-3-5-17(15)20/h2-9,16,22H,10-12H2,1H3/t16-,18+/m1/s1. The molecule has 0 aliphatic carbocycles. The summed E-state index contributed by atoms with van der Waals surface area (Å²) in [5.41, 5.74) is -0.0568. The largest absolute Gasteiger partial charge is 0.384 e. The third-order valence-electron chi connectivity index (χ3n) is 4.57. The van der Waals surface area contributed by atoms with Crippen molar-refractivity contribution in [2.24, 2.45) is 0 Å². The fourth-order valence-electron chi connectivity index (χ4n) is 3.29. The Labute approximate surface area is 129 Å². The lowest BCUT2D eigenvalue weighted by Gasteiger charge is -2.44. The molecule has 22 heavy (non-hydrogen) atoms. The Morgan fingerprint density at radius 3 is 2.45 bits per heavy atom. The fourth-order valence-corrected chi connectivity index (χ4v) is 3.29. The van der Waals surface area contributed by atoms with Gasteiger partial charge in [-0.15, -0.1) is 0 Å². The predicted molar refractivity (Wildman–Crippen MR) is 81.6 cm³/mol. The molecule has 1 aliphatic rings. The van der Waals surface area contributed by atoms with Gasteiger partial charge < -0.3 is 10.0 Å². The van der Waals surface area contributed by atoms with E-state index in [9.17, 15) is 13.9 Å². The molecule has 0 bridgehead atoms. The SMILES string of the molecule is CN1CC[C@](O)(c2ccc(F)cc2)[C@@H](c2ccccc2F)C1. The minimum absolute atomic E-state index is 0.316. The van der Waals surface area contributed by atoms with Crippen LogP contribution in [0, 0.1) is 11.6 Å². The maximum atomic E-state index is 14.2. The highest BCUT2D eigenvalue weighted by molar-refractivity contribution is 5.33. The van der Waals surface area contributed by atoms with E-state index in [0.29, 0.717) is 30.6 Å². The summed E-state index contributed by atoms with van der Waals surface area (Å²) in [5, 5.41) is 11.3. The normalized spacial score (nSPS) is 26.1. The Morgan fingerprint density at radius 2 is 1.77 bits per heavy atom. The maximum absolute atomic E-state index is 14.2. The molecule has 1 saturated heterocycles. The highest BCUT2D eigenvalue weighted by atomic mass is 19.1. The molecule has 116 valence electrons. The summed E-state index contributed by atoms with van der Waals surface area (Å²) < 4.78 is 27.4. The zero-order chi connectivity index (χ0) is 15.7. The molecular weight excluding hydrogens is 284 g/mol. The number of rotatable bonds is 2. The van der Waals surface area contributed by atoms with Crippen molar-refractivity contribution in [2.75, 3.05) is 20.1 Å². The van der Waals surface area contributed by atoms with Crippen LogP contribution in [0.4, 0.5) is 8.78 Å². The van der Waals surface area contributed by atoms with Gasteiger partial charge in [-0.05, 0) is 42.8 Å². The number of benzene rings is 2. The van der Waals surface area contributed by atoms with E-state index in [1.54, 1.807) is 30.3 Å². The van der Waals surface area contributed by atoms with Crippen molar-refractivity contribution in [3.8, 4) is 0 Å². The van der Waals surface area contributed by atoms with Crippen LogP contribution in [-0.2, 0) is 5.60 Å². The quantitative estimate of drug-likeness (QED) is 0.920. The second kappa shape index (κ2) is 5.78. The van der Waals surface area contributed by atoms with Crippen molar-refractivity contribution in [1.82, 2.24) is 4.90 Å². The second-order valence-electron chi connectivity index (χ2n) is 6.02. The van der Waals surface area contributed by atoms with Gasteiger partial charge in [-0.1, -0.05) is 30.3 Å². The van der Waals surface area contributed by atoms with Crippen molar-refractivity contribution in [3.63, 3.8) is 0 Å². The number of likely N-dealkylation sites (N-methyl/N-ethyl adjacent to an activating group) is 1. The maximum Gasteiger partial charge on any atom is 0.126 e. The Bertz CT molecular complexity index is 658. The molecule has 0 aromatic heterocycles. The van der Waals surface area contributed by atoms with Gasteiger partial charge in [-0.2, -0.15) is 0 Å². The molecule has 3 rings (SSSR count). The second-order valence-corrected chi connectivity index (χ2v) is 6.02. The first-order valence-electron chi connectivity index (χ1n) is 7.42. The van der Waals surface area contributed by atoms with Gasteiger partial charge in [0.05, 0.1) is 5.60 Å². The van der Waals surface area contributed by atoms with Gasteiger partial charge in [0.1, 0.15) is 11.6 Å². The average Bonchev–Trinajstić information content (AvgIpc) is 2.51. The van der Waals surface area contributed by atoms with Crippen LogP contribution in [0.25, 0.3) is 0 Å². The lowest BCUT2D eigenvalue weighted by Crippen LogP contribution is -2.47. The summed E-state index contributed by atoms with van der Waals surface area (Å²) in [6.45, 7) is 1.26. The van der Waals surface area contributed by atoms with Crippen LogP contribution in [0.1, 0.15) is 23.5 Å². The van der Waals surface area contributed by atoms with Crippen molar-refractivity contribution in [2.45, 2.75) is 17.9 Å². The fraction of sp³-hybridized carbons (Fsp3) is 0.333. The molecule has 0 radical (unpaired) electrons. The summed E-state index contributed by atoms with van der Waals surface area (Å²) in [6.07, 6.45) is 0.480. The summed E-state index contributed by atoms with van der Waals surface area (Å²) in [5.74, 6) is -1.05. The van der Waals surface area contributed by atoms with E-state index in [0.717, 1.165) is 0 Å². The van der Waals surface area contributed by atoms with Gasteiger partial charge >= 0.3 is 0 Å². The average molecular weight is 303 g/mol. The van der Waals surface area contributed by atoms with Crippen LogP contribution in [-0.4, -0.2) is 30.1 Å². The molecule has 0 amide bonds. The smallest absolute Gasteiger partial charge is 0.126 e. The van der Waals surface area contributed by atoms with Gasteiger partial charge in [-0.25, -0.2) is 8.78 Å². The van der Waals surface area contributed by atoms with Crippen LogP contribution in [0.15, 0.2) is 48.5 Å². The molecule has 4 heteroatoms. The van der Waals surface area contributed by atoms with Gasteiger partial charge in [0.15, 0.2) is 0 Å². The number of likely N-dealkylation sites (tertiary alicyclic amines) is 1. The molecule has 1 aliphatic heterocycles. The third-order valence-corrected chi connectivity index (χ3v) is 4.57. The highest BCUT2D eigenvalue weighted by Gasteiger charge is 2.43. The van der Waals surface area contributed by atoms with Crippen LogP contribution < -0.4 is 0 Å². The number of piperidine rings is 1. The topological polar surface area (TPSA) is 23.5 Å². The van der Waals surface area contributed by atoms with Gasteiger partial charge in [0.2, 0.25) is 0 Å². The Morgan fingerprint density at radius 1 is 1.09 bits per heavy atom. The molecule has 2 aromatic rings. The first kappa shape index (κ1) is 15.1. The number of nitrogens with zero attached hydrogens (tertiary/aromatic N) is 1. The van der Waals surface area contributed by atoms with Crippen LogP contribution >= 0.6 is 0 Å². The van der Waals surface area contributed by atoms with Crippen LogP contribution in [0.5, 0.6) is 0 Å². The highest BCUT2D eigenvalue weighted by Crippen LogP contribution is 2.43. The van der Waals surface area contributed by atoms with E-state index in [1.165, 1.54) is 18.2 Å². The number of halogens is 2. The lowest BCUT2D eigenvalue weighted by atomic mass is 9.72. The summed E-state index contributed by atoms with van der Waals surface area (Å²) in [4.78, 5) is 2.08. The van der Waals surface area contributed by atoms with E-state index < -0.39 is 11.5 Å². The van der Waals surface area contributed by atoms with Crippen molar-refractivity contribution < 1.29 is 13.9 Å². The van der Waals surface area contributed by atoms with E-state index in [2.05, 4.69) is 4.90 Å². The molecule has 0 saturated carbocycles. The minimum atomic E-state index is -1.19. The molecule has 1 N–H and O–H groups in total. The summed E-state index contributed by atoms with van der Waals surface area (Å²) >= 11 is 0. The number of hydrogen-bond donors (Lipinski definition) is 1. The van der Waals surface area contributed by atoms with E-state index in [-0.39, 0.29) is 11.6 Å². The van der Waals surface area contributed by atoms with Crippen molar-refractivity contribution in [3.05, 3.63) is 71.3 Å². The molecule has 2 aromatic carbocycles. The molecular formula is C18H19F2NO. The monoisotopic (exact) mass is 303 g/mol. The van der Waals surface area contributed by atoms with E-state index >= 15 is 0 Å². The zero-order valence-electron chi connectivity index (χ0n) is 12.5. The number of hydrogen-bond acceptors (Lipinski definition) is 2. The minimum Gasteiger partial charge on any atom is -0.384 e. The van der Waals surface area contributed by atoms with E-state index in [1.807, 2.05) is 7.05 Å². The molecule has 0 spiro atoms. The van der Waals surface area contributed by atoms with Crippen molar-refractivity contribution in [1.29, 1.82) is 0 Å². The molecule has 1 heterocycles. The van der Waals surface area contributed by atoms with E-state index in [4.69, 9.17) is 0 Å². The summed E-state index contributed by atoms with van der Waals surface area (Å²) in [6, 6.07) is 12.4. The first-order valence-corrected chi connectivity index (χ1v) is 7.42. The summed E-state index contributed by atoms with van der Waals surface area (Å²) in [7, 11) is 1.96. The van der Waals surface area contributed by atoms with Gasteiger partial charge in [-0.3, -0.25) is 0 Å². The predicted octanol–water partition coefficient (Wildman–Crippen LogP) is 3.27. The van der Waals surface area contributed by atoms with Gasteiger partial charge in [0.25, 0.3) is 0 Å². The van der Waals surface area contributed by atoms with Crippen molar-refractivity contribution >= 4 is 0 Å². The molecule has 2 atom stereocenters. The van der Waals surface area contributed by atoms with Crippen LogP contribution in [0.2, 0.25) is 0 Å². The molecule has 1 fully saturated rings. The lowest BCUT2D eigenvalue weighted by molar-refractivity contribution is -0.0428. The molecule has 2 nitrogen and oxygen atoms in total. The number of aliphatic hydroxyl groups is 1. The van der Waals surface area contributed by atoms with Crippen LogP contribution in [0.3, 0.4) is 0 Å². The Hall–Kier alpha value is -1.78. The Kier molecular flexibility index (Phi) is 3.98. The third kappa shape index (κ3) is 2.64. The molecule has 0 unspecified atom stereocenters. The zero-order valence-corrected chi connectivity index (χ0v) is 12.5. The Balaban J connectivity index is 2.07.